The van der Waals surface area contributed by atoms with Crippen LogP contribution >= 0.6 is 10.7 Å². The molecule has 6 heteroatoms. The van der Waals surface area contributed by atoms with Crippen molar-refractivity contribution in [2.75, 3.05) is 0 Å². The number of hydrogen-bond acceptors (Lipinski definition) is 4. The standard InChI is InChI=1S/C22H26ClN3OS/c1-21(2,3)17-11-7-15(8-12-17)19-24-20(26-28(23,27)25-19)16-9-13-18(14-10-16)22(4,5)6/h7-14H,1-6H3. The van der Waals surface area contributed by atoms with Gasteiger partial charge in [-0.25, -0.2) is 0 Å². The van der Waals surface area contributed by atoms with Crippen molar-refractivity contribution in [1.29, 1.82) is 0 Å². The van der Waals surface area contributed by atoms with Crippen LogP contribution in [0.2, 0.25) is 0 Å². The number of rotatable bonds is 2. The molecular formula is C22H26ClN3OS. The Morgan fingerprint density at radius 2 is 1.11 bits per heavy atom. The largest absolute Gasteiger partial charge is 0.591 e. The molecular weight excluding hydrogens is 390 g/mol. The van der Waals surface area contributed by atoms with Gasteiger partial charge in [0, 0.05) is 11.1 Å². The molecule has 1 aliphatic heterocycles. The van der Waals surface area contributed by atoms with Crippen LogP contribution in [0.15, 0.2) is 62.3 Å². The van der Waals surface area contributed by atoms with Gasteiger partial charge in [-0.15, -0.1) is 0 Å². The SMILES string of the molecule is CC(C)(C)c1ccc(C2=NC(c3ccc(C(C)(C)C)cc3)=N[S+]([O-])(Cl)=N2)cc1. The summed E-state index contributed by atoms with van der Waals surface area (Å²) in [5.74, 6) is 0.677. The summed E-state index contributed by atoms with van der Waals surface area (Å²) in [5.41, 5.74) is 4.02. The summed E-state index contributed by atoms with van der Waals surface area (Å²) in [4.78, 5) is 4.54. The van der Waals surface area contributed by atoms with E-state index >= 15 is 0 Å². The topological polar surface area (TPSA) is 60.1 Å². The fourth-order valence-corrected chi connectivity index (χ4v) is 4.00. The van der Waals surface area contributed by atoms with Crippen molar-refractivity contribution in [3.63, 3.8) is 0 Å². The van der Waals surface area contributed by atoms with E-state index in [1.165, 1.54) is 11.1 Å². The molecule has 0 bridgehead atoms. The summed E-state index contributed by atoms with van der Waals surface area (Å²) in [6, 6.07) is 15.9. The lowest BCUT2D eigenvalue weighted by atomic mass is 9.86. The Kier molecular flexibility index (Phi) is 5.38. The number of nitrogens with zero attached hydrogens (tertiary/aromatic N) is 3. The summed E-state index contributed by atoms with van der Waals surface area (Å²) in [5, 5.41) is 0. The Balaban J connectivity index is 1.99. The Morgan fingerprint density at radius 1 is 0.714 bits per heavy atom. The fraction of sp³-hybridized carbons (Fsp3) is 0.364. The highest BCUT2D eigenvalue weighted by atomic mass is 35.7. The van der Waals surface area contributed by atoms with Gasteiger partial charge in [-0.2, -0.15) is 4.99 Å². The second kappa shape index (κ2) is 7.21. The predicted molar refractivity (Wildman–Crippen MR) is 120 cm³/mol. The molecule has 1 heterocycles. The third kappa shape index (κ3) is 4.77. The van der Waals surface area contributed by atoms with Crippen molar-refractivity contribution >= 4 is 31.9 Å². The zero-order chi connectivity index (χ0) is 20.7. The maximum Gasteiger partial charge on any atom is 0.212 e. The minimum atomic E-state index is -3.25. The first kappa shape index (κ1) is 20.9. The van der Waals surface area contributed by atoms with E-state index in [0.717, 1.165) is 11.1 Å². The minimum Gasteiger partial charge on any atom is -0.591 e. The first-order valence-corrected chi connectivity index (χ1v) is 11.5. The smallest absolute Gasteiger partial charge is 0.212 e. The van der Waals surface area contributed by atoms with Crippen LogP contribution in [0.3, 0.4) is 0 Å². The molecule has 0 saturated heterocycles. The molecule has 1 atom stereocenters. The molecule has 0 aromatic heterocycles. The van der Waals surface area contributed by atoms with E-state index in [4.69, 9.17) is 10.7 Å². The molecule has 2 aromatic rings. The van der Waals surface area contributed by atoms with Crippen LogP contribution in [-0.4, -0.2) is 16.2 Å². The fourth-order valence-electron chi connectivity index (χ4n) is 2.85. The maximum absolute atomic E-state index is 12.6. The number of hydrogen-bond donors (Lipinski definition) is 0. The predicted octanol–water partition coefficient (Wildman–Crippen LogP) is 6.03. The molecule has 0 N–H and O–H groups in total. The van der Waals surface area contributed by atoms with Crippen LogP contribution in [0.1, 0.15) is 63.8 Å². The second-order valence-corrected chi connectivity index (χ2v) is 11.5. The van der Waals surface area contributed by atoms with Crippen molar-refractivity contribution in [3.05, 3.63) is 70.8 Å². The summed E-state index contributed by atoms with van der Waals surface area (Å²) in [6.45, 7) is 12.9. The summed E-state index contributed by atoms with van der Waals surface area (Å²) in [7, 11) is 2.81. The van der Waals surface area contributed by atoms with Crippen LogP contribution in [0.25, 0.3) is 0 Å². The Morgan fingerprint density at radius 3 is 1.50 bits per heavy atom. The lowest BCUT2D eigenvalue weighted by Crippen LogP contribution is -2.17. The average molecular weight is 416 g/mol. The van der Waals surface area contributed by atoms with Crippen molar-refractivity contribution in [3.8, 4) is 0 Å². The quantitative estimate of drug-likeness (QED) is 0.552. The summed E-state index contributed by atoms with van der Waals surface area (Å²) < 4.78 is 20.7. The van der Waals surface area contributed by atoms with Gasteiger partial charge < -0.3 is 4.55 Å². The molecule has 0 aliphatic carbocycles. The van der Waals surface area contributed by atoms with E-state index in [1.807, 2.05) is 48.5 Å². The van der Waals surface area contributed by atoms with Gasteiger partial charge in [0.1, 0.15) is 0 Å². The number of amidine groups is 2. The van der Waals surface area contributed by atoms with Gasteiger partial charge in [-0.05, 0) is 30.7 Å². The van der Waals surface area contributed by atoms with Crippen LogP contribution in [0.4, 0.5) is 0 Å². The van der Waals surface area contributed by atoms with Crippen LogP contribution < -0.4 is 0 Å². The molecule has 4 nitrogen and oxygen atoms in total. The molecule has 28 heavy (non-hydrogen) atoms. The van der Waals surface area contributed by atoms with Gasteiger partial charge in [-0.1, -0.05) is 90.1 Å². The molecule has 0 saturated carbocycles. The Labute approximate surface area is 173 Å². The molecule has 148 valence electrons. The van der Waals surface area contributed by atoms with Crippen molar-refractivity contribution in [2.24, 2.45) is 13.8 Å². The minimum absolute atomic E-state index is 0.0471. The third-order valence-corrected chi connectivity index (χ3v) is 5.84. The van der Waals surface area contributed by atoms with Gasteiger partial charge >= 0.3 is 0 Å². The number of benzene rings is 2. The van der Waals surface area contributed by atoms with E-state index < -0.39 is 9.50 Å². The van der Waals surface area contributed by atoms with E-state index in [0.29, 0.717) is 11.7 Å². The molecule has 1 aliphatic rings. The second-order valence-electron chi connectivity index (χ2n) is 9.03. The lowest BCUT2D eigenvalue weighted by molar-refractivity contribution is 0.590. The molecule has 3 rings (SSSR count). The van der Waals surface area contributed by atoms with Gasteiger partial charge in [0.2, 0.25) is 11.7 Å². The van der Waals surface area contributed by atoms with Crippen LogP contribution in [0, 0.1) is 0 Å². The van der Waals surface area contributed by atoms with E-state index in [2.05, 4.69) is 55.3 Å². The normalized spacial score (nSPS) is 20.3. The lowest BCUT2D eigenvalue weighted by Gasteiger charge is -2.20. The molecule has 2 aromatic carbocycles. The van der Waals surface area contributed by atoms with Gasteiger partial charge in [-0.3, -0.25) is 0 Å². The highest BCUT2D eigenvalue weighted by molar-refractivity contribution is 8.20. The van der Waals surface area contributed by atoms with Crippen molar-refractivity contribution in [2.45, 2.75) is 52.4 Å². The first-order valence-electron chi connectivity index (χ1n) is 9.22. The zero-order valence-electron chi connectivity index (χ0n) is 17.2. The van der Waals surface area contributed by atoms with Crippen LogP contribution in [-0.2, 0) is 20.3 Å². The van der Waals surface area contributed by atoms with Gasteiger partial charge in [0.05, 0.1) is 0 Å². The maximum atomic E-state index is 12.6. The van der Waals surface area contributed by atoms with Gasteiger partial charge in [0.25, 0.3) is 0 Å². The highest BCUT2D eigenvalue weighted by Gasteiger charge is 2.24. The molecule has 0 amide bonds. The Hall–Kier alpha value is -1.82. The zero-order valence-corrected chi connectivity index (χ0v) is 18.7. The van der Waals surface area contributed by atoms with Crippen molar-refractivity contribution in [1.82, 2.24) is 0 Å². The molecule has 1 unspecified atom stereocenters. The molecule has 0 radical (unpaired) electrons. The monoisotopic (exact) mass is 415 g/mol. The van der Waals surface area contributed by atoms with Crippen molar-refractivity contribution < 1.29 is 4.55 Å². The molecule has 0 fully saturated rings. The van der Waals surface area contributed by atoms with E-state index in [9.17, 15) is 4.55 Å². The highest BCUT2D eigenvalue weighted by Crippen LogP contribution is 2.27. The Bertz CT molecular complexity index is 928. The number of aliphatic imine (C=N–C) groups is 1. The van der Waals surface area contributed by atoms with E-state index in [-0.39, 0.29) is 10.8 Å². The van der Waals surface area contributed by atoms with Crippen LogP contribution in [0.5, 0.6) is 0 Å². The number of halogens is 1. The first-order chi connectivity index (χ1) is 12.9. The summed E-state index contributed by atoms with van der Waals surface area (Å²) >= 11 is 0. The third-order valence-electron chi connectivity index (χ3n) is 4.63. The van der Waals surface area contributed by atoms with Gasteiger partial charge in [0.15, 0.2) is 20.2 Å². The van der Waals surface area contributed by atoms with E-state index in [1.54, 1.807) is 0 Å². The molecule has 0 spiro atoms. The summed E-state index contributed by atoms with van der Waals surface area (Å²) in [6.07, 6.45) is 0. The average Bonchev–Trinajstić information content (AvgIpc) is 2.59.